The number of halogens is 1. The Kier molecular flexibility index (Phi) is 4.53. The highest BCUT2D eigenvalue weighted by atomic mass is 79.9. The van der Waals surface area contributed by atoms with E-state index < -0.39 is 0 Å². The maximum atomic E-state index is 5.26. The van der Waals surface area contributed by atoms with E-state index in [2.05, 4.69) is 64.9 Å². The molecule has 1 aromatic carbocycles. The molecule has 19 heavy (non-hydrogen) atoms. The lowest BCUT2D eigenvalue weighted by Crippen LogP contribution is -2.01. The maximum absolute atomic E-state index is 5.26. The number of aryl methyl sites for hydroxylation is 1. The predicted octanol–water partition coefficient (Wildman–Crippen LogP) is 5.08. The summed E-state index contributed by atoms with van der Waals surface area (Å²) in [5, 5.41) is 0. The number of nitrogens with one attached hydrogen (secondary N) is 1. The van der Waals surface area contributed by atoms with E-state index in [4.69, 9.17) is 12.2 Å². The first kappa shape index (κ1) is 14.4. The van der Waals surface area contributed by atoms with Crippen LogP contribution in [0.1, 0.15) is 25.1 Å². The highest BCUT2D eigenvalue weighted by molar-refractivity contribution is 9.10. The summed E-state index contributed by atoms with van der Waals surface area (Å²) < 4.78 is 1.67. The van der Waals surface area contributed by atoms with E-state index in [1.807, 2.05) is 6.07 Å². The molecule has 100 valence electrons. The summed E-state index contributed by atoms with van der Waals surface area (Å²) in [6.45, 7) is 6.46. The van der Waals surface area contributed by atoms with Gasteiger partial charge in [0.05, 0.1) is 0 Å². The molecule has 0 radical (unpaired) electrons. The van der Waals surface area contributed by atoms with Crippen LogP contribution in [0.3, 0.4) is 0 Å². The number of aromatic amines is 1. The number of aromatic nitrogens is 2. The average Bonchev–Trinajstić information content (AvgIpc) is 2.26. The van der Waals surface area contributed by atoms with Crippen molar-refractivity contribution in [2.45, 2.75) is 27.2 Å². The van der Waals surface area contributed by atoms with Gasteiger partial charge in [-0.15, -0.1) is 0 Å². The van der Waals surface area contributed by atoms with Crippen molar-refractivity contribution in [2.75, 3.05) is 0 Å². The summed E-state index contributed by atoms with van der Waals surface area (Å²) in [7, 11) is 0. The Hall–Kier alpha value is -1.00. The van der Waals surface area contributed by atoms with Crippen LogP contribution in [-0.4, -0.2) is 9.97 Å². The molecular weight excluding hydrogens is 320 g/mol. The van der Waals surface area contributed by atoms with Gasteiger partial charge in [-0.25, -0.2) is 4.98 Å². The maximum Gasteiger partial charge on any atom is 0.140 e. The van der Waals surface area contributed by atoms with E-state index in [0.29, 0.717) is 10.6 Å². The Bertz CT molecular complexity index is 647. The number of benzene rings is 1. The number of H-pyrrole nitrogens is 1. The van der Waals surface area contributed by atoms with Crippen LogP contribution in [0.4, 0.5) is 0 Å². The molecule has 0 bridgehead atoms. The van der Waals surface area contributed by atoms with Gasteiger partial charge in [0.1, 0.15) is 10.5 Å². The van der Waals surface area contributed by atoms with E-state index in [1.165, 1.54) is 5.56 Å². The molecule has 1 N–H and O–H groups in total. The lowest BCUT2D eigenvalue weighted by atomic mass is 10.1. The van der Waals surface area contributed by atoms with Crippen LogP contribution in [0, 0.1) is 17.5 Å². The molecule has 0 aliphatic carbocycles. The molecule has 0 unspecified atom stereocenters. The monoisotopic (exact) mass is 336 g/mol. The summed E-state index contributed by atoms with van der Waals surface area (Å²) in [4.78, 5) is 7.82. The molecule has 0 aliphatic heterocycles. The number of hydrogen-bond donors (Lipinski definition) is 1. The van der Waals surface area contributed by atoms with Crippen LogP contribution in [0.15, 0.2) is 28.7 Å². The summed E-state index contributed by atoms with van der Waals surface area (Å²) in [6.07, 6.45) is 0.975. The van der Waals surface area contributed by atoms with Gasteiger partial charge < -0.3 is 4.98 Å². The Morgan fingerprint density at radius 3 is 2.68 bits per heavy atom. The van der Waals surface area contributed by atoms with Crippen LogP contribution in [0.5, 0.6) is 0 Å². The van der Waals surface area contributed by atoms with Gasteiger partial charge in [0, 0.05) is 15.7 Å². The fourth-order valence-electron chi connectivity index (χ4n) is 2.00. The van der Waals surface area contributed by atoms with Gasteiger partial charge in [0.2, 0.25) is 0 Å². The number of hydrogen-bond acceptors (Lipinski definition) is 2. The minimum absolute atomic E-state index is 0.586. The quantitative estimate of drug-likeness (QED) is 0.792. The van der Waals surface area contributed by atoms with Crippen molar-refractivity contribution >= 4 is 28.1 Å². The first-order chi connectivity index (χ1) is 8.95. The second-order valence-corrected chi connectivity index (χ2v) is 6.45. The fraction of sp³-hybridized carbons (Fsp3) is 0.333. The second-order valence-electron chi connectivity index (χ2n) is 5.17. The van der Waals surface area contributed by atoms with E-state index in [1.54, 1.807) is 0 Å². The zero-order valence-electron chi connectivity index (χ0n) is 11.3. The van der Waals surface area contributed by atoms with Gasteiger partial charge in [-0.05, 0) is 43.0 Å². The first-order valence-corrected chi connectivity index (χ1v) is 7.52. The second kappa shape index (κ2) is 5.97. The standard InChI is InChI=1S/C15H17BrN2S/c1-9(2)6-11-8-14(19)18-15(17-11)12-5-4-10(3)7-13(12)16/h4-5,7-9H,6H2,1-3H3,(H,17,18,19). The Morgan fingerprint density at radius 2 is 2.05 bits per heavy atom. The number of rotatable bonds is 3. The van der Waals surface area contributed by atoms with Crippen molar-refractivity contribution in [3.63, 3.8) is 0 Å². The minimum Gasteiger partial charge on any atom is -0.343 e. The van der Waals surface area contributed by atoms with E-state index in [-0.39, 0.29) is 0 Å². The van der Waals surface area contributed by atoms with Crippen LogP contribution in [0.25, 0.3) is 11.4 Å². The molecule has 2 rings (SSSR count). The van der Waals surface area contributed by atoms with Crippen molar-refractivity contribution in [1.29, 1.82) is 0 Å². The highest BCUT2D eigenvalue weighted by Gasteiger charge is 2.07. The van der Waals surface area contributed by atoms with Gasteiger partial charge in [-0.1, -0.05) is 48.1 Å². The van der Waals surface area contributed by atoms with Crippen molar-refractivity contribution in [3.8, 4) is 11.4 Å². The minimum atomic E-state index is 0.586. The SMILES string of the molecule is Cc1ccc(-c2nc(=S)cc(CC(C)C)[nH]2)c(Br)c1. The summed E-state index contributed by atoms with van der Waals surface area (Å²) in [5.74, 6) is 1.41. The van der Waals surface area contributed by atoms with Crippen LogP contribution < -0.4 is 0 Å². The number of nitrogens with zero attached hydrogens (tertiary/aromatic N) is 1. The third-order valence-electron chi connectivity index (χ3n) is 2.81. The molecule has 0 saturated carbocycles. The molecule has 0 atom stereocenters. The third kappa shape index (κ3) is 3.74. The molecule has 0 saturated heterocycles. The Morgan fingerprint density at radius 1 is 1.32 bits per heavy atom. The largest absolute Gasteiger partial charge is 0.343 e. The van der Waals surface area contributed by atoms with Gasteiger partial charge in [-0.3, -0.25) is 0 Å². The van der Waals surface area contributed by atoms with Crippen molar-refractivity contribution in [3.05, 3.63) is 44.6 Å². The van der Waals surface area contributed by atoms with Gasteiger partial charge in [0.25, 0.3) is 0 Å². The predicted molar refractivity (Wildman–Crippen MR) is 85.8 cm³/mol. The van der Waals surface area contributed by atoms with Crippen LogP contribution in [-0.2, 0) is 6.42 Å². The van der Waals surface area contributed by atoms with Crippen molar-refractivity contribution in [2.24, 2.45) is 5.92 Å². The summed E-state index contributed by atoms with van der Waals surface area (Å²) in [5.41, 5.74) is 3.40. The van der Waals surface area contributed by atoms with Gasteiger partial charge >= 0.3 is 0 Å². The molecular formula is C15H17BrN2S. The molecule has 2 aromatic rings. The highest BCUT2D eigenvalue weighted by Crippen LogP contribution is 2.26. The molecule has 0 amide bonds. The topological polar surface area (TPSA) is 28.7 Å². The molecule has 2 nitrogen and oxygen atoms in total. The fourth-order valence-corrected chi connectivity index (χ4v) is 2.91. The van der Waals surface area contributed by atoms with E-state index in [9.17, 15) is 0 Å². The molecule has 4 heteroatoms. The molecule has 0 spiro atoms. The molecule has 1 aromatic heterocycles. The van der Waals surface area contributed by atoms with Crippen molar-refractivity contribution in [1.82, 2.24) is 9.97 Å². The smallest absolute Gasteiger partial charge is 0.140 e. The Labute approximate surface area is 127 Å². The first-order valence-electron chi connectivity index (χ1n) is 6.32. The third-order valence-corrected chi connectivity index (χ3v) is 3.67. The zero-order valence-corrected chi connectivity index (χ0v) is 13.7. The molecule has 1 heterocycles. The molecule has 0 aliphatic rings. The van der Waals surface area contributed by atoms with Crippen LogP contribution >= 0.6 is 28.1 Å². The van der Waals surface area contributed by atoms with E-state index in [0.717, 1.165) is 28.0 Å². The average molecular weight is 337 g/mol. The lowest BCUT2D eigenvalue weighted by molar-refractivity contribution is 0.634. The zero-order chi connectivity index (χ0) is 14.0. The van der Waals surface area contributed by atoms with E-state index >= 15 is 0 Å². The summed E-state index contributed by atoms with van der Waals surface area (Å²) >= 11 is 8.85. The van der Waals surface area contributed by atoms with Gasteiger partial charge in [0.15, 0.2) is 0 Å². The summed E-state index contributed by atoms with van der Waals surface area (Å²) in [6, 6.07) is 8.17. The normalized spacial score (nSPS) is 11.0. The lowest BCUT2D eigenvalue weighted by Gasteiger charge is -2.09. The molecule has 0 fully saturated rings. The van der Waals surface area contributed by atoms with Crippen molar-refractivity contribution < 1.29 is 0 Å². The Balaban J connectivity index is 2.50. The van der Waals surface area contributed by atoms with Gasteiger partial charge in [-0.2, -0.15) is 0 Å². The van der Waals surface area contributed by atoms with Crippen LogP contribution in [0.2, 0.25) is 0 Å².